The van der Waals surface area contributed by atoms with Crippen LogP contribution in [0.2, 0.25) is 0 Å². The number of para-hydroxylation sites is 1. The lowest BCUT2D eigenvalue weighted by molar-refractivity contribution is 0.0516. The first-order valence-electron chi connectivity index (χ1n) is 15.9. The van der Waals surface area contributed by atoms with E-state index in [-0.39, 0.29) is 24.1 Å². The van der Waals surface area contributed by atoms with E-state index in [1.165, 1.54) is 0 Å². The van der Waals surface area contributed by atoms with Crippen LogP contribution in [0.3, 0.4) is 0 Å². The Bertz CT molecular complexity index is 1640. The zero-order valence-corrected chi connectivity index (χ0v) is 27.4. The smallest absolute Gasteiger partial charge is 0.419 e. The molecule has 1 saturated carbocycles. The highest BCUT2D eigenvalue weighted by Crippen LogP contribution is 2.35. The van der Waals surface area contributed by atoms with E-state index in [1.807, 2.05) is 82.0 Å². The Morgan fingerprint density at radius 1 is 1.09 bits per heavy atom. The van der Waals surface area contributed by atoms with Crippen LogP contribution >= 0.6 is 0 Å². The van der Waals surface area contributed by atoms with Crippen molar-refractivity contribution in [3.05, 3.63) is 60.4 Å². The first kappa shape index (κ1) is 32.2. The molecular weight excluding hydrogens is 570 g/mol. The molecule has 0 amide bonds. The molecule has 1 aliphatic carbocycles. The molecule has 0 radical (unpaired) electrons. The Hall–Kier alpha value is -4.18. The number of hydrogen-bond donors (Lipinski definition) is 1. The maximum Gasteiger partial charge on any atom is 0.419 e. The number of benzene rings is 1. The molecule has 10 nitrogen and oxygen atoms in total. The summed E-state index contributed by atoms with van der Waals surface area (Å²) in [5.41, 5.74) is 2.12. The third-order valence-corrected chi connectivity index (χ3v) is 8.32. The molecular formula is C35H45N5O5. The zero-order valence-electron chi connectivity index (χ0n) is 27.4. The summed E-state index contributed by atoms with van der Waals surface area (Å²) in [5.74, 6) is 0.613. The van der Waals surface area contributed by atoms with Crippen LogP contribution in [0, 0.1) is 11.8 Å². The molecule has 0 bridgehead atoms. The van der Waals surface area contributed by atoms with Crippen LogP contribution < -0.4 is 4.90 Å². The van der Waals surface area contributed by atoms with Crippen molar-refractivity contribution in [2.24, 2.45) is 11.8 Å². The highest BCUT2D eigenvalue weighted by atomic mass is 16.6. The summed E-state index contributed by atoms with van der Waals surface area (Å²) in [6.45, 7) is 13.7. The number of carbonyl (C=O) groups is 2. The van der Waals surface area contributed by atoms with Crippen LogP contribution in [0.25, 0.3) is 28.0 Å². The van der Waals surface area contributed by atoms with E-state index >= 15 is 0 Å². The predicted octanol–water partition coefficient (Wildman–Crippen LogP) is 7.21. The molecule has 1 N–H and O–H groups in total. The fraction of sp³-hybridized carbons (Fsp3) is 0.486. The van der Waals surface area contributed by atoms with Gasteiger partial charge < -0.3 is 19.5 Å². The van der Waals surface area contributed by atoms with Gasteiger partial charge in [-0.1, -0.05) is 38.0 Å². The van der Waals surface area contributed by atoms with Crippen molar-refractivity contribution >= 4 is 28.8 Å². The number of rotatable bonds is 8. The highest BCUT2D eigenvalue weighted by Gasteiger charge is 2.35. The summed E-state index contributed by atoms with van der Waals surface area (Å²) in [6.07, 6.45) is 5.99. The minimum atomic E-state index is -0.788. The molecule has 1 aromatic carbocycles. The van der Waals surface area contributed by atoms with E-state index in [0.717, 1.165) is 36.6 Å². The molecule has 1 atom stereocenters. The number of pyridine rings is 1. The van der Waals surface area contributed by atoms with Crippen molar-refractivity contribution in [3.8, 4) is 17.1 Å². The lowest BCUT2D eigenvalue weighted by Crippen LogP contribution is -2.46. The number of anilines is 1. The van der Waals surface area contributed by atoms with Gasteiger partial charge in [0.25, 0.3) is 0 Å². The summed E-state index contributed by atoms with van der Waals surface area (Å²) >= 11 is 0. The Morgan fingerprint density at radius 3 is 2.42 bits per heavy atom. The van der Waals surface area contributed by atoms with Gasteiger partial charge in [-0.3, -0.25) is 4.98 Å². The third-order valence-electron chi connectivity index (χ3n) is 8.32. The van der Waals surface area contributed by atoms with E-state index in [4.69, 9.17) is 19.6 Å². The van der Waals surface area contributed by atoms with E-state index < -0.39 is 23.9 Å². The highest BCUT2D eigenvalue weighted by molar-refractivity contribution is 5.96. The second kappa shape index (κ2) is 13.0. The molecule has 1 aliphatic rings. The van der Waals surface area contributed by atoms with Crippen LogP contribution in [0.15, 0.2) is 54.9 Å². The summed E-state index contributed by atoms with van der Waals surface area (Å²) in [6, 6.07) is 13.1. The molecule has 0 spiro atoms. The van der Waals surface area contributed by atoms with Crippen molar-refractivity contribution in [1.82, 2.24) is 19.3 Å². The molecule has 0 unspecified atom stereocenters. The van der Waals surface area contributed by atoms with E-state index in [0.29, 0.717) is 28.8 Å². The average molecular weight is 616 g/mol. The summed E-state index contributed by atoms with van der Waals surface area (Å²) in [7, 11) is 0. The first-order valence-corrected chi connectivity index (χ1v) is 15.9. The molecule has 45 heavy (non-hydrogen) atoms. The van der Waals surface area contributed by atoms with Gasteiger partial charge in [-0.15, -0.1) is 5.10 Å². The Morgan fingerprint density at radius 2 is 1.80 bits per heavy atom. The van der Waals surface area contributed by atoms with Gasteiger partial charge in [0.2, 0.25) is 0 Å². The molecule has 4 aromatic rings. The third kappa shape index (κ3) is 6.91. The summed E-state index contributed by atoms with van der Waals surface area (Å²) < 4.78 is 14.3. The lowest BCUT2D eigenvalue weighted by Gasteiger charge is -2.39. The van der Waals surface area contributed by atoms with Crippen molar-refractivity contribution in [1.29, 1.82) is 0 Å². The van der Waals surface area contributed by atoms with Crippen LogP contribution in [0.5, 0.6) is 0 Å². The number of carbonyl (C=O) groups excluding carboxylic acids is 2. The van der Waals surface area contributed by atoms with Crippen molar-refractivity contribution in [3.63, 3.8) is 0 Å². The molecule has 240 valence electrons. The van der Waals surface area contributed by atoms with E-state index in [9.17, 15) is 14.7 Å². The van der Waals surface area contributed by atoms with Gasteiger partial charge in [0.15, 0.2) is 5.82 Å². The van der Waals surface area contributed by atoms with Crippen molar-refractivity contribution < 1.29 is 24.2 Å². The number of fused-ring (bicyclic) bond motifs is 1. The number of aliphatic hydroxyl groups excluding tert-OH is 1. The molecule has 0 saturated heterocycles. The topological polar surface area (TPSA) is 112 Å². The lowest BCUT2D eigenvalue weighted by atomic mass is 9.81. The molecule has 1 fully saturated rings. The summed E-state index contributed by atoms with van der Waals surface area (Å²) in [4.78, 5) is 33.0. The summed E-state index contributed by atoms with van der Waals surface area (Å²) in [5, 5.41) is 17.3. The second-order valence-electron chi connectivity index (χ2n) is 13.3. The molecule has 3 aromatic heterocycles. The second-order valence-corrected chi connectivity index (χ2v) is 13.3. The van der Waals surface area contributed by atoms with Crippen molar-refractivity contribution in [2.75, 3.05) is 11.5 Å². The molecule has 3 heterocycles. The minimum absolute atomic E-state index is 0.0847. The standard InChI is InChI=1S/C35H45N5O5/c1-8-44-33(42)27-21-38(37-31(27)39(22(2)3)32(41)24-15-13-23(4)14-16-24)26-17-18-28(36-20-26)30-19-25-11-9-10-12-29(25)40(30)34(43)45-35(5,6)7/h9-12,17-24,32,41H,8,13-16H2,1-7H3/t23?,24?,32-/m1/s1. The SMILES string of the molecule is CCOC(=O)c1cn(-c2ccc(-c3cc4ccccc4n3C(=O)OC(C)(C)C)nc2)nc1N(C(C)C)[C@H](O)C1CCC(C)CC1. The molecule has 0 aliphatic heterocycles. The Labute approximate surface area is 265 Å². The van der Waals surface area contributed by atoms with E-state index in [1.54, 1.807) is 28.6 Å². The van der Waals surface area contributed by atoms with E-state index in [2.05, 4.69) is 6.92 Å². The quantitative estimate of drug-likeness (QED) is 0.164. The fourth-order valence-corrected chi connectivity index (χ4v) is 6.05. The number of ether oxygens (including phenoxy) is 2. The number of hydrogen-bond acceptors (Lipinski definition) is 8. The molecule has 10 heteroatoms. The number of nitrogens with zero attached hydrogens (tertiary/aromatic N) is 5. The van der Waals surface area contributed by atoms with Crippen LogP contribution in [0.4, 0.5) is 10.6 Å². The largest absolute Gasteiger partial charge is 0.462 e. The Balaban J connectivity index is 1.52. The van der Waals surface area contributed by atoms with Gasteiger partial charge in [0, 0.05) is 23.5 Å². The molecule has 5 rings (SSSR count). The van der Waals surface area contributed by atoms with Gasteiger partial charge in [0.05, 0.1) is 35.4 Å². The Kier molecular flexibility index (Phi) is 9.34. The monoisotopic (exact) mass is 615 g/mol. The predicted molar refractivity (Wildman–Crippen MR) is 175 cm³/mol. The fourth-order valence-electron chi connectivity index (χ4n) is 6.05. The average Bonchev–Trinajstić information content (AvgIpc) is 3.59. The van der Waals surface area contributed by atoms with Crippen LogP contribution in [-0.4, -0.2) is 61.0 Å². The normalized spacial score (nSPS) is 17.8. The first-order chi connectivity index (χ1) is 21.4. The van der Waals surface area contributed by atoms with Crippen molar-refractivity contribution in [2.45, 2.75) is 92.0 Å². The van der Waals surface area contributed by atoms with Gasteiger partial charge in [0.1, 0.15) is 17.4 Å². The van der Waals surface area contributed by atoms with Crippen LogP contribution in [-0.2, 0) is 9.47 Å². The number of esters is 1. The maximum absolute atomic E-state index is 13.3. The zero-order chi connectivity index (χ0) is 32.5. The van der Waals surface area contributed by atoms with Crippen LogP contribution in [0.1, 0.15) is 84.5 Å². The number of aromatic nitrogens is 4. The van der Waals surface area contributed by atoms with Gasteiger partial charge >= 0.3 is 12.1 Å². The van der Waals surface area contributed by atoms with Gasteiger partial charge in [-0.2, -0.15) is 0 Å². The number of aliphatic hydroxyl groups is 1. The van der Waals surface area contributed by atoms with Gasteiger partial charge in [-0.05, 0) is 84.6 Å². The minimum Gasteiger partial charge on any atom is -0.462 e. The van der Waals surface area contributed by atoms with Gasteiger partial charge in [-0.25, -0.2) is 18.8 Å². The maximum atomic E-state index is 13.3.